The van der Waals surface area contributed by atoms with Crippen LogP contribution in [0.25, 0.3) is 0 Å². The van der Waals surface area contributed by atoms with Crippen molar-refractivity contribution in [2.45, 2.75) is 0 Å². The van der Waals surface area contributed by atoms with E-state index in [4.69, 9.17) is 17.0 Å². The Hall–Kier alpha value is -2.18. The van der Waals surface area contributed by atoms with E-state index in [1.165, 1.54) is 17.5 Å². The Kier molecular flexibility index (Phi) is 4.49. The maximum atomic E-state index is 12.0. The molecule has 0 unspecified atom stereocenters. The second-order valence-electron chi connectivity index (χ2n) is 3.68. The highest BCUT2D eigenvalue weighted by Crippen LogP contribution is 2.29. The Morgan fingerprint density at radius 2 is 2.10 bits per heavy atom. The van der Waals surface area contributed by atoms with E-state index in [-0.39, 0.29) is 16.8 Å². The summed E-state index contributed by atoms with van der Waals surface area (Å²) in [5, 5.41) is 13.7. The van der Waals surface area contributed by atoms with Crippen molar-refractivity contribution in [3.63, 3.8) is 0 Å². The molecule has 7 heteroatoms. The molecule has 0 atom stereocenters. The zero-order chi connectivity index (χ0) is 14.5. The smallest absolute Gasteiger partial charge is 0.257 e. The zero-order valence-electron chi connectivity index (χ0n) is 10.3. The van der Waals surface area contributed by atoms with Crippen LogP contribution in [0.1, 0.15) is 16.1 Å². The molecular formula is C13H11ClN4OS. The largest absolute Gasteiger partial charge is 0.352 e. The average Bonchev–Trinajstić information content (AvgIpc) is 2.83. The van der Waals surface area contributed by atoms with Crippen molar-refractivity contribution in [2.75, 3.05) is 10.6 Å². The van der Waals surface area contributed by atoms with Crippen LogP contribution in [0.5, 0.6) is 0 Å². The summed E-state index contributed by atoms with van der Waals surface area (Å²) in [6.45, 7) is 3.54. The number of rotatable bonds is 5. The first-order chi connectivity index (χ1) is 9.61. The van der Waals surface area contributed by atoms with Gasteiger partial charge < -0.3 is 5.32 Å². The first kappa shape index (κ1) is 14.2. The van der Waals surface area contributed by atoms with E-state index >= 15 is 0 Å². The summed E-state index contributed by atoms with van der Waals surface area (Å²) in [5.74, 6) is -0.267. The van der Waals surface area contributed by atoms with Crippen LogP contribution < -0.4 is 10.6 Å². The number of halogens is 1. The van der Waals surface area contributed by atoms with Gasteiger partial charge in [-0.05, 0) is 18.3 Å². The number of aromatic nitrogens is 1. The molecule has 20 heavy (non-hydrogen) atoms. The van der Waals surface area contributed by atoms with Gasteiger partial charge in [0.05, 0.1) is 0 Å². The Morgan fingerprint density at radius 3 is 2.70 bits per heavy atom. The molecule has 0 bridgehead atoms. The lowest BCUT2D eigenvalue weighted by Gasteiger charge is -2.00. The highest BCUT2D eigenvalue weighted by molar-refractivity contribution is 7.20. The first-order valence-electron chi connectivity index (χ1n) is 5.61. The summed E-state index contributed by atoms with van der Waals surface area (Å²) in [4.78, 5) is 16.1. The Labute approximate surface area is 124 Å². The third-order valence-electron chi connectivity index (χ3n) is 2.32. The summed E-state index contributed by atoms with van der Waals surface area (Å²) in [5.41, 5.74) is 0.809. The van der Waals surface area contributed by atoms with Gasteiger partial charge in [-0.3, -0.25) is 15.5 Å². The van der Waals surface area contributed by atoms with E-state index in [1.807, 2.05) is 6.07 Å². The van der Waals surface area contributed by atoms with Gasteiger partial charge in [-0.25, -0.2) is 4.98 Å². The van der Waals surface area contributed by atoms with E-state index < -0.39 is 0 Å². The summed E-state index contributed by atoms with van der Waals surface area (Å²) in [7, 11) is 0. The second kappa shape index (κ2) is 6.31. The number of hydrogen-bond acceptors (Lipinski definition) is 5. The van der Waals surface area contributed by atoms with Crippen LogP contribution in [0.4, 0.5) is 10.1 Å². The molecule has 0 aliphatic heterocycles. The van der Waals surface area contributed by atoms with E-state index in [0.29, 0.717) is 15.7 Å². The molecule has 0 radical (unpaired) electrons. The summed E-state index contributed by atoms with van der Waals surface area (Å²) in [6.07, 6.45) is 1.46. The Bertz CT molecular complexity index is 654. The van der Waals surface area contributed by atoms with Crippen LogP contribution >= 0.6 is 22.9 Å². The topological polar surface area (TPSA) is 77.9 Å². The molecule has 102 valence electrons. The molecule has 2 rings (SSSR count). The number of anilines is 2. The average molecular weight is 307 g/mol. The molecule has 0 spiro atoms. The zero-order valence-corrected chi connectivity index (χ0v) is 11.9. The second-order valence-corrected chi connectivity index (χ2v) is 5.06. The van der Waals surface area contributed by atoms with E-state index in [9.17, 15) is 4.79 Å². The van der Waals surface area contributed by atoms with E-state index in [2.05, 4.69) is 22.2 Å². The quantitative estimate of drug-likeness (QED) is 0.740. The van der Waals surface area contributed by atoms with Crippen molar-refractivity contribution < 1.29 is 4.79 Å². The maximum absolute atomic E-state index is 12.0. The van der Waals surface area contributed by atoms with E-state index in [1.54, 1.807) is 24.3 Å². The molecule has 2 aromatic rings. The summed E-state index contributed by atoms with van der Waals surface area (Å²) < 4.78 is 0. The summed E-state index contributed by atoms with van der Waals surface area (Å²) >= 11 is 6.84. The molecule has 0 aliphatic carbocycles. The van der Waals surface area contributed by atoms with Crippen LogP contribution in [0.2, 0.25) is 0 Å². The van der Waals surface area contributed by atoms with E-state index in [0.717, 1.165) is 0 Å². The number of hydrogen-bond donors (Lipinski definition) is 3. The molecule has 0 saturated heterocycles. The highest BCUT2D eigenvalue weighted by atomic mass is 35.5. The van der Waals surface area contributed by atoms with Gasteiger partial charge in [-0.15, -0.1) is 0 Å². The lowest BCUT2D eigenvalue weighted by Crippen LogP contribution is -2.11. The molecular weight excluding hydrogens is 296 g/mol. The number of carbonyl (C=O) groups is 1. The monoisotopic (exact) mass is 306 g/mol. The van der Waals surface area contributed by atoms with Crippen LogP contribution in [0, 0.1) is 5.41 Å². The standard InChI is InChI=1S/C13H11ClN4OS/c1-2-16-12-9(10(14)15)17-13(20-12)18-11(19)8-6-4-3-5-7-8/h2-7,15-16H,1H2,(H,17,18,19). The van der Waals surface area contributed by atoms with Crippen molar-refractivity contribution in [3.05, 3.63) is 54.4 Å². The number of nitrogens with zero attached hydrogens (tertiary/aromatic N) is 1. The van der Waals surface area contributed by atoms with Gasteiger partial charge in [-0.2, -0.15) is 0 Å². The van der Waals surface area contributed by atoms with Gasteiger partial charge in [-0.1, -0.05) is 47.7 Å². The van der Waals surface area contributed by atoms with Gasteiger partial charge in [0.1, 0.15) is 15.9 Å². The molecule has 1 aromatic carbocycles. The van der Waals surface area contributed by atoms with Gasteiger partial charge >= 0.3 is 0 Å². The van der Waals surface area contributed by atoms with Gasteiger partial charge in [0.25, 0.3) is 5.91 Å². The fourth-order valence-corrected chi connectivity index (χ4v) is 2.53. The number of nitrogens with one attached hydrogen (secondary N) is 3. The number of thiazole rings is 1. The van der Waals surface area contributed by atoms with Gasteiger partial charge in [0.15, 0.2) is 5.13 Å². The first-order valence-corrected chi connectivity index (χ1v) is 6.80. The molecule has 5 nitrogen and oxygen atoms in total. The molecule has 3 N–H and O–H groups in total. The Morgan fingerprint density at radius 1 is 1.40 bits per heavy atom. The lowest BCUT2D eigenvalue weighted by atomic mass is 10.2. The van der Waals surface area contributed by atoms with Gasteiger partial charge in [0.2, 0.25) is 0 Å². The predicted octanol–water partition coefficient (Wildman–Crippen LogP) is 3.51. The fraction of sp³-hybridized carbons (Fsp3) is 0. The molecule has 0 fully saturated rings. The van der Waals surface area contributed by atoms with Crippen molar-refractivity contribution in [1.29, 1.82) is 5.41 Å². The maximum Gasteiger partial charge on any atom is 0.257 e. The lowest BCUT2D eigenvalue weighted by molar-refractivity contribution is 0.102. The predicted molar refractivity (Wildman–Crippen MR) is 83.0 cm³/mol. The van der Waals surface area contributed by atoms with Crippen molar-refractivity contribution >= 4 is 44.1 Å². The SMILES string of the molecule is C=CNc1sc(NC(=O)c2ccccc2)nc1C(=N)Cl. The van der Waals surface area contributed by atoms with Crippen LogP contribution in [-0.4, -0.2) is 16.1 Å². The fourth-order valence-electron chi connectivity index (χ4n) is 1.47. The summed E-state index contributed by atoms with van der Waals surface area (Å²) in [6, 6.07) is 8.80. The van der Waals surface area contributed by atoms with Crippen LogP contribution in [0.3, 0.4) is 0 Å². The molecule has 1 amide bonds. The van der Waals surface area contributed by atoms with Gasteiger partial charge in [0, 0.05) is 5.56 Å². The third kappa shape index (κ3) is 3.23. The normalized spacial score (nSPS) is 9.85. The van der Waals surface area contributed by atoms with Crippen molar-refractivity contribution in [3.8, 4) is 0 Å². The minimum absolute atomic E-state index is 0.203. The number of benzene rings is 1. The number of amides is 1. The number of carbonyl (C=O) groups excluding carboxylic acids is 1. The molecule has 1 heterocycles. The molecule has 0 saturated carbocycles. The highest BCUT2D eigenvalue weighted by Gasteiger charge is 2.15. The third-order valence-corrected chi connectivity index (χ3v) is 3.41. The molecule has 0 aliphatic rings. The van der Waals surface area contributed by atoms with Crippen molar-refractivity contribution in [1.82, 2.24) is 4.98 Å². The van der Waals surface area contributed by atoms with Crippen LogP contribution in [-0.2, 0) is 0 Å². The van der Waals surface area contributed by atoms with Crippen molar-refractivity contribution in [2.24, 2.45) is 0 Å². The molecule has 1 aromatic heterocycles. The minimum Gasteiger partial charge on any atom is -0.352 e. The van der Waals surface area contributed by atoms with Crippen LogP contribution in [0.15, 0.2) is 43.1 Å². The Balaban J connectivity index is 2.22. The minimum atomic E-state index is -0.267.